The molecule has 0 amide bonds. The summed E-state index contributed by atoms with van der Waals surface area (Å²) in [6.45, 7) is 0. The van der Waals surface area contributed by atoms with Gasteiger partial charge in [-0.15, -0.1) is 11.8 Å². The number of fused-ring (bicyclic) bond motifs is 1. The molecule has 0 saturated carbocycles. The minimum atomic E-state index is 0.310. The highest BCUT2D eigenvalue weighted by Crippen LogP contribution is 2.32. The van der Waals surface area contributed by atoms with Crippen LogP contribution in [0.25, 0.3) is 0 Å². The Balaban J connectivity index is 2.34. The monoisotopic (exact) mass is 165 g/mol. The third-order valence-corrected chi connectivity index (χ3v) is 3.14. The lowest BCUT2D eigenvalue weighted by atomic mass is 10.1. The van der Waals surface area contributed by atoms with E-state index in [0.717, 1.165) is 12.8 Å². The van der Waals surface area contributed by atoms with E-state index in [1.807, 2.05) is 0 Å². The summed E-state index contributed by atoms with van der Waals surface area (Å²) in [6, 6.07) is 8.51. The highest BCUT2D eigenvalue weighted by Gasteiger charge is 2.14. The van der Waals surface area contributed by atoms with Crippen LogP contribution in [0.1, 0.15) is 12.0 Å². The van der Waals surface area contributed by atoms with E-state index >= 15 is 0 Å². The van der Waals surface area contributed by atoms with Crippen LogP contribution in [0.15, 0.2) is 29.2 Å². The van der Waals surface area contributed by atoms with Gasteiger partial charge < -0.3 is 5.73 Å². The summed E-state index contributed by atoms with van der Waals surface area (Å²) in [4.78, 5) is 1.37. The highest BCUT2D eigenvalue weighted by atomic mass is 32.2. The predicted molar refractivity (Wildman–Crippen MR) is 48.6 cm³/mol. The molecule has 1 aliphatic heterocycles. The zero-order valence-electron chi connectivity index (χ0n) is 6.29. The fraction of sp³-hybridized carbons (Fsp3) is 0.333. The van der Waals surface area contributed by atoms with Crippen LogP contribution in [0.3, 0.4) is 0 Å². The van der Waals surface area contributed by atoms with E-state index in [1.54, 1.807) is 11.8 Å². The molecule has 2 rings (SSSR count). The molecule has 0 saturated heterocycles. The summed E-state index contributed by atoms with van der Waals surface area (Å²) in [5.74, 6) is 0. The fourth-order valence-corrected chi connectivity index (χ4v) is 2.39. The summed E-state index contributed by atoms with van der Waals surface area (Å²) in [5, 5.41) is 0.310. The van der Waals surface area contributed by atoms with Crippen molar-refractivity contribution in [1.29, 1.82) is 0 Å². The fourth-order valence-electron chi connectivity index (χ4n) is 1.35. The molecule has 58 valence electrons. The second-order valence-corrected chi connectivity index (χ2v) is 4.08. The van der Waals surface area contributed by atoms with E-state index < -0.39 is 0 Å². The van der Waals surface area contributed by atoms with Crippen LogP contribution in [0.5, 0.6) is 0 Å². The van der Waals surface area contributed by atoms with Crippen LogP contribution >= 0.6 is 11.8 Å². The van der Waals surface area contributed by atoms with Gasteiger partial charge in [0.2, 0.25) is 0 Å². The maximum atomic E-state index is 5.81. The van der Waals surface area contributed by atoms with Gasteiger partial charge in [0.1, 0.15) is 0 Å². The number of nitrogens with two attached hydrogens (primary N) is 1. The zero-order valence-corrected chi connectivity index (χ0v) is 7.10. The molecule has 0 unspecified atom stereocenters. The maximum Gasteiger partial charge on any atom is 0.0557 e. The first-order valence-electron chi connectivity index (χ1n) is 3.86. The molecule has 2 N–H and O–H groups in total. The van der Waals surface area contributed by atoms with E-state index in [2.05, 4.69) is 24.3 Å². The summed E-state index contributed by atoms with van der Waals surface area (Å²) in [6.07, 6.45) is 2.26. The largest absolute Gasteiger partial charge is 0.319 e. The van der Waals surface area contributed by atoms with E-state index in [1.165, 1.54) is 10.5 Å². The van der Waals surface area contributed by atoms with Crippen molar-refractivity contribution in [1.82, 2.24) is 0 Å². The first-order chi connectivity index (χ1) is 5.36. The molecule has 0 spiro atoms. The van der Waals surface area contributed by atoms with Gasteiger partial charge in [0.05, 0.1) is 5.37 Å². The number of aryl methyl sites for hydroxylation is 1. The van der Waals surface area contributed by atoms with Crippen molar-refractivity contribution in [3.8, 4) is 0 Å². The SMILES string of the molecule is N[C@H]1CCc2ccccc2S1. The van der Waals surface area contributed by atoms with Crippen LogP contribution in [-0.4, -0.2) is 5.37 Å². The lowest BCUT2D eigenvalue weighted by Crippen LogP contribution is -2.19. The quantitative estimate of drug-likeness (QED) is 0.636. The minimum Gasteiger partial charge on any atom is -0.319 e. The lowest BCUT2D eigenvalue weighted by molar-refractivity contribution is 0.758. The van der Waals surface area contributed by atoms with Crippen LogP contribution < -0.4 is 5.73 Å². The molecule has 0 bridgehead atoms. The Morgan fingerprint density at radius 3 is 3.09 bits per heavy atom. The number of rotatable bonds is 0. The van der Waals surface area contributed by atoms with Crippen molar-refractivity contribution >= 4 is 11.8 Å². The van der Waals surface area contributed by atoms with Crippen LogP contribution in [-0.2, 0) is 6.42 Å². The Bertz CT molecular complexity index is 259. The number of benzene rings is 1. The predicted octanol–water partition coefficient (Wildman–Crippen LogP) is 2.01. The molecule has 0 fully saturated rings. The summed E-state index contributed by atoms with van der Waals surface area (Å²) in [7, 11) is 0. The molecule has 2 heteroatoms. The van der Waals surface area contributed by atoms with Crippen molar-refractivity contribution in [3.63, 3.8) is 0 Å². The zero-order chi connectivity index (χ0) is 7.68. The normalized spacial score (nSPS) is 22.8. The third kappa shape index (κ3) is 1.42. The number of thioether (sulfide) groups is 1. The summed E-state index contributed by atoms with van der Waals surface area (Å²) >= 11 is 1.79. The second-order valence-electron chi connectivity index (χ2n) is 2.80. The Morgan fingerprint density at radius 1 is 1.36 bits per heavy atom. The molecular formula is C9H11NS. The lowest BCUT2D eigenvalue weighted by Gasteiger charge is -2.19. The van der Waals surface area contributed by atoms with Crippen LogP contribution in [0.2, 0.25) is 0 Å². The van der Waals surface area contributed by atoms with Gasteiger partial charge in [-0.1, -0.05) is 18.2 Å². The van der Waals surface area contributed by atoms with Gasteiger partial charge in [0.25, 0.3) is 0 Å². The van der Waals surface area contributed by atoms with Crippen molar-refractivity contribution < 1.29 is 0 Å². The topological polar surface area (TPSA) is 26.0 Å². The Hall–Kier alpha value is -0.470. The van der Waals surface area contributed by atoms with E-state index in [-0.39, 0.29) is 0 Å². The van der Waals surface area contributed by atoms with Gasteiger partial charge in [-0.05, 0) is 24.5 Å². The van der Waals surface area contributed by atoms with Gasteiger partial charge >= 0.3 is 0 Å². The maximum absolute atomic E-state index is 5.81. The summed E-state index contributed by atoms with van der Waals surface area (Å²) in [5.41, 5.74) is 7.27. The Morgan fingerprint density at radius 2 is 2.18 bits per heavy atom. The molecule has 0 radical (unpaired) electrons. The molecule has 1 atom stereocenters. The van der Waals surface area contributed by atoms with Gasteiger partial charge in [0, 0.05) is 4.90 Å². The minimum absolute atomic E-state index is 0.310. The molecule has 1 aromatic carbocycles. The van der Waals surface area contributed by atoms with Crippen molar-refractivity contribution in [2.75, 3.05) is 0 Å². The Kier molecular flexibility index (Phi) is 1.88. The molecule has 1 aliphatic rings. The first-order valence-corrected chi connectivity index (χ1v) is 4.74. The van der Waals surface area contributed by atoms with E-state index in [9.17, 15) is 0 Å². The van der Waals surface area contributed by atoms with Crippen LogP contribution in [0.4, 0.5) is 0 Å². The van der Waals surface area contributed by atoms with Gasteiger partial charge in [-0.25, -0.2) is 0 Å². The molecule has 11 heavy (non-hydrogen) atoms. The smallest absolute Gasteiger partial charge is 0.0557 e. The van der Waals surface area contributed by atoms with Gasteiger partial charge in [-0.2, -0.15) is 0 Å². The molecule has 0 aliphatic carbocycles. The number of hydrogen-bond donors (Lipinski definition) is 1. The molecule has 1 nitrogen and oxygen atoms in total. The van der Waals surface area contributed by atoms with Crippen molar-refractivity contribution in [2.45, 2.75) is 23.1 Å². The standard InChI is InChI=1S/C9H11NS/c10-9-6-5-7-3-1-2-4-8(7)11-9/h1-4,9H,5-6,10H2/t9-/m1/s1. The first kappa shape index (κ1) is 7.19. The van der Waals surface area contributed by atoms with Crippen molar-refractivity contribution in [3.05, 3.63) is 29.8 Å². The van der Waals surface area contributed by atoms with E-state index in [0.29, 0.717) is 5.37 Å². The number of hydrogen-bond acceptors (Lipinski definition) is 2. The molecular weight excluding hydrogens is 154 g/mol. The van der Waals surface area contributed by atoms with Crippen molar-refractivity contribution in [2.24, 2.45) is 5.73 Å². The summed E-state index contributed by atoms with van der Waals surface area (Å²) < 4.78 is 0. The second kappa shape index (κ2) is 2.88. The average Bonchev–Trinajstić information content (AvgIpc) is 2.04. The third-order valence-electron chi connectivity index (χ3n) is 1.95. The van der Waals surface area contributed by atoms with Gasteiger partial charge in [-0.3, -0.25) is 0 Å². The van der Waals surface area contributed by atoms with E-state index in [4.69, 9.17) is 5.73 Å². The molecule has 0 aromatic heterocycles. The Labute approximate surface area is 71.0 Å². The highest BCUT2D eigenvalue weighted by molar-refractivity contribution is 8.00. The van der Waals surface area contributed by atoms with Crippen LogP contribution in [0, 0.1) is 0 Å². The van der Waals surface area contributed by atoms with Gasteiger partial charge in [0.15, 0.2) is 0 Å². The molecule has 1 heterocycles. The molecule has 1 aromatic rings. The average molecular weight is 165 g/mol.